The number of aliphatic hydroxyl groups excluding tert-OH is 2. The number of nitrogens with one attached hydrogen (secondary N) is 1. The summed E-state index contributed by atoms with van der Waals surface area (Å²) in [6.45, 7) is 3.47. The molecule has 8 nitrogen and oxygen atoms in total. The monoisotopic (exact) mass is 344 g/mol. The van der Waals surface area contributed by atoms with Crippen molar-refractivity contribution in [1.29, 1.82) is 0 Å². The van der Waals surface area contributed by atoms with Gasteiger partial charge in [-0.15, -0.1) is 0 Å². The topological polar surface area (TPSA) is 153 Å². The third kappa shape index (κ3) is 3.61. The molecule has 138 valence electrons. The molecule has 4 atom stereocenters. The van der Waals surface area contributed by atoms with Crippen LogP contribution in [0.15, 0.2) is 12.2 Å². The minimum atomic E-state index is -2.21. The quantitative estimate of drug-likeness (QED) is 0.367. The number of hydrogen-bond donors (Lipinski definition) is 6. The molecule has 0 aromatic carbocycles. The van der Waals surface area contributed by atoms with E-state index in [-0.39, 0.29) is 0 Å². The fourth-order valence-corrected chi connectivity index (χ4v) is 3.16. The van der Waals surface area contributed by atoms with Gasteiger partial charge in [-0.3, -0.25) is 4.79 Å². The predicted molar refractivity (Wildman–Crippen MR) is 87.0 cm³/mol. The first-order valence-electron chi connectivity index (χ1n) is 8.09. The van der Waals surface area contributed by atoms with Crippen LogP contribution in [0, 0.1) is 0 Å². The van der Waals surface area contributed by atoms with E-state index in [0.717, 1.165) is 12.8 Å². The van der Waals surface area contributed by atoms with Gasteiger partial charge in [-0.2, -0.15) is 0 Å². The van der Waals surface area contributed by atoms with E-state index in [9.17, 15) is 24.9 Å². The van der Waals surface area contributed by atoms with Gasteiger partial charge in [0.15, 0.2) is 5.54 Å². The number of nitrogens with two attached hydrogens (primary N) is 1. The molecule has 2 rings (SSSR count). The van der Waals surface area contributed by atoms with E-state index < -0.39 is 41.1 Å². The van der Waals surface area contributed by atoms with Crippen molar-refractivity contribution in [2.24, 2.45) is 5.73 Å². The molecule has 24 heavy (non-hydrogen) atoms. The average Bonchev–Trinajstić information content (AvgIpc) is 2.77. The van der Waals surface area contributed by atoms with Crippen LogP contribution in [0.4, 0.5) is 0 Å². The number of allylic oxidation sites excluding steroid dienone is 1. The maximum atomic E-state index is 11.7. The van der Waals surface area contributed by atoms with Gasteiger partial charge in [0.25, 0.3) is 0 Å². The molecule has 0 radical (unpaired) electrons. The third-order valence-corrected chi connectivity index (χ3v) is 4.58. The second-order valence-electron chi connectivity index (χ2n) is 6.65. The van der Waals surface area contributed by atoms with Crippen molar-refractivity contribution in [2.75, 3.05) is 6.61 Å². The van der Waals surface area contributed by atoms with Gasteiger partial charge in [-0.1, -0.05) is 19.1 Å². The van der Waals surface area contributed by atoms with Gasteiger partial charge in [0.1, 0.15) is 11.7 Å². The standard InChI is InChI=1S/C13H20N2O5.C3H8O/c1-11(20)7-8(16)15-13(11,10(18)19)9(17)12(14)5-3-2-4-6-12;1-2-3-4/h3,5,9,17,20H,2,4,6-7,14H2,1H3,(H,15,16)(H,18,19);4H,2-3H2,1H3/t9?,11-,12-,13?;/m0./s1. The lowest BCUT2D eigenvalue weighted by molar-refractivity contribution is -0.168. The highest BCUT2D eigenvalue weighted by atomic mass is 16.4. The number of carbonyl (C=O) groups excluding carboxylic acids is 1. The van der Waals surface area contributed by atoms with E-state index >= 15 is 0 Å². The van der Waals surface area contributed by atoms with E-state index in [2.05, 4.69) is 5.32 Å². The molecule has 1 aliphatic heterocycles. The second-order valence-corrected chi connectivity index (χ2v) is 6.65. The smallest absolute Gasteiger partial charge is 0.335 e. The number of aliphatic carboxylic acids is 1. The lowest BCUT2D eigenvalue weighted by Crippen LogP contribution is -2.75. The van der Waals surface area contributed by atoms with Crippen LogP contribution < -0.4 is 11.1 Å². The van der Waals surface area contributed by atoms with Crippen molar-refractivity contribution >= 4 is 11.9 Å². The molecular weight excluding hydrogens is 316 g/mol. The van der Waals surface area contributed by atoms with Gasteiger partial charge < -0.3 is 31.5 Å². The summed E-state index contributed by atoms with van der Waals surface area (Å²) in [5.74, 6) is -2.12. The maximum absolute atomic E-state index is 11.7. The van der Waals surface area contributed by atoms with Crippen LogP contribution in [-0.2, 0) is 9.59 Å². The summed E-state index contributed by atoms with van der Waals surface area (Å²) in [6.07, 6.45) is 4.07. The molecule has 2 unspecified atom stereocenters. The van der Waals surface area contributed by atoms with Gasteiger partial charge in [0.05, 0.1) is 12.0 Å². The Bertz CT molecular complexity index is 505. The van der Waals surface area contributed by atoms with Crippen LogP contribution in [0.3, 0.4) is 0 Å². The fraction of sp³-hybridized carbons (Fsp3) is 0.750. The molecule has 1 fully saturated rings. The molecule has 1 saturated heterocycles. The molecule has 2 aliphatic rings. The Balaban J connectivity index is 0.000000648. The highest BCUT2D eigenvalue weighted by molar-refractivity contribution is 5.94. The molecule has 1 heterocycles. The number of amides is 1. The normalized spacial score (nSPS) is 36.5. The summed E-state index contributed by atoms with van der Waals surface area (Å²) in [5, 5.41) is 40.6. The molecule has 1 amide bonds. The Morgan fingerprint density at radius 2 is 2.08 bits per heavy atom. The average molecular weight is 344 g/mol. The van der Waals surface area contributed by atoms with Gasteiger partial charge in [0.2, 0.25) is 5.91 Å². The summed E-state index contributed by atoms with van der Waals surface area (Å²) in [6, 6.07) is 0. The molecule has 1 aliphatic carbocycles. The van der Waals surface area contributed by atoms with Crippen LogP contribution in [0.25, 0.3) is 0 Å². The second kappa shape index (κ2) is 7.60. The van der Waals surface area contributed by atoms with Crippen molar-refractivity contribution in [3.8, 4) is 0 Å². The van der Waals surface area contributed by atoms with Crippen LogP contribution in [0.1, 0.15) is 46.0 Å². The predicted octanol–water partition coefficient (Wildman–Crippen LogP) is -0.732. The largest absolute Gasteiger partial charge is 0.479 e. The van der Waals surface area contributed by atoms with E-state index in [0.29, 0.717) is 19.4 Å². The lowest BCUT2D eigenvalue weighted by Gasteiger charge is -2.46. The van der Waals surface area contributed by atoms with E-state index in [1.54, 1.807) is 12.2 Å². The van der Waals surface area contributed by atoms with Gasteiger partial charge in [-0.05, 0) is 32.6 Å². The first-order chi connectivity index (χ1) is 11.1. The summed E-state index contributed by atoms with van der Waals surface area (Å²) >= 11 is 0. The lowest BCUT2D eigenvalue weighted by atomic mass is 9.68. The minimum absolute atomic E-state index is 0.319. The number of carboxylic acid groups (broad SMARTS) is 1. The van der Waals surface area contributed by atoms with Gasteiger partial charge in [0, 0.05) is 6.61 Å². The highest BCUT2D eigenvalue weighted by Crippen LogP contribution is 2.40. The summed E-state index contributed by atoms with van der Waals surface area (Å²) in [4.78, 5) is 23.3. The third-order valence-electron chi connectivity index (χ3n) is 4.58. The maximum Gasteiger partial charge on any atom is 0.335 e. The molecule has 0 spiro atoms. The Morgan fingerprint density at radius 1 is 1.50 bits per heavy atom. The van der Waals surface area contributed by atoms with E-state index in [1.807, 2.05) is 6.92 Å². The fourth-order valence-electron chi connectivity index (χ4n) is 3.16. The number of hydrogen-bond acceptors (Lipinski definition) is 6. The van der Waals surface area contributed by atoms with Crippen LogP contribution in [0.2, 0.25) is 0 Å². The molecule has 0 aromatic rings. The Kier molecular flexibility index (Phi) is 6.52. The van der Waals surface area contributed by atoms with Crippen molar-refractivity contribution in [3.05, 3.63) is 12.2 Å². The molecule has 0 aromatic heterocycles. The number of carboxylic acids is 1. The van der Waals surface area contributed by atoms with E-state index in [1.165, 1.54) is 6.92 Å². The Morgan fingerprint density at radius 3 is 2.42 bits per heavy atom. The molecular formula is C16H28N2O6. The van der Waals surface area contributed by atoms with Crippen LogP contribution in [0.5, 0.6) is 0 Å². The number of carbonyl (C=O) groups is 2. The van der Waals surface area contributed by atoms with Gasteiger partial charge in [-0.25, -0.2) is 4.79 Å². The van der Waals surface area contributed by atoms with Crippen molar-refractivity contribution in [2.45, 2.75) is 68.7 Å². The zero-order valence-corrected chi connectivity index (χ0v) is 14.2. The summed E-state index contributed by atoms with van der Waals surface area (Å²) in [7, 11) is 0. The zero-order chi connectivity index (χ0) is 18.6. The molecule has 0 bridgehead atoms. The zero-order valence-electron chi connectivity index (χ0n) is 14.2. The van der Waals surface area contributed by atoms with E-state index in [4.69, 9.17) is 10.8 Å². The Hall–Kier alpha value is -1.48. The van der Waals surface area contributed by atoms with Crippen LogP contribution >= 0.6 is 0 Å². The van der Waals surface area contributed by atoms with Gasteiger partial charge >= 0.3 is 5.97 Å². The summed E-state index contributed by atoms with van der Waals surface area (Å²) in [5.41, 5.74) is 0.685. The minimum Gasteiger partial charge on any atom is -0.479 e. The SMILES string of the molecule is CCCO.C[C@]1(O)CC(=O)NC1(C(=O)O)C(O)[C@]1(N)C=CCCC1. The number of rotatable bonds is 4. The summed E-state index contributed by atoms with van der Waals surface area (Å²) < 4.78 is 0. The highest BCUT2D eigenvalue weighted by Gasteiger charge is 2.67. The molecule has 0 saturated carbocycles. The van der Waals surface area contributed by atoms with Crippen molar-refractivity contribution < 1.29 is 30.0 Å². The van der Waals surface area contributed by atoms with Crippen molar-refractivity contribution in [1.82, 2.24) is 5.32 Å². The van der Waals surface area contributed by atoms with Crippen molar-refractivity contribution in [3.63, 3.8) is 0 Å². The van der Waals surface area contributed by atoms with Crippen LogP contribution in [-0.4, -0.2) is 61.7 Å². The Labute approximate surface area is 141 Å². The number of aliphatic hydroxyl groups is 3. The molecule has 8 heteroatoms. The molecule has 7 N–H and O–H groups in total. The first-order valence-corrected chi connectivity index (χ1v) is 8.09. The first kappa shape index (κ1) is 20.6.